The summed E-state index contributed by atoms with van der Waals surface area (Å²) in [5, 5.41) is 29.4. The summed E-state index contributed by atoms with van der Waals surface area (Å²) < 4.78 is 0. The van der Waals surface area contributed by atoms with Crippen molar-refractivity contribution in [3.63, 3.8) is 0 Å². The minimum absolute atomic E-state index is 0.0302. The highest BCUT2D eigenvalue weighted by Gasteiger charge is 2.15. The van der Waals surface area contributed by atoms with E-state index in [0.717, 1.165) is 5.56 Å². The molecule has 0 heterocycles. The Morgan fingerprint density at radius 1 is 0.833 bits per heavy atom. The SMILES string of the molecule is CC(C)c1ccc(O)c(-c2ccc(O)cc2)c1O. The number of hydrogen-bond acceptors (Lipinski definition) is 3. The summed E-state index contributed by atoms with van der Waals surface area (Å²) in [5.41, 5.74) is 1.86. The largest absolute Gasteiger partial charge is 0.508 e. The van der Waals surface area contributed by atoms with Gasteiger partial charge < -0.3 is 15.3 Å². The Labute approximate surface area is 106 Å². The fourth-order valence-electron chi connectivity index (χ4n) is 1.98. The fourth-order valence-corrected chi connectivity index (χ4v) is 1.98. The lowest BCUT2D eigenvalue weighted by Gasteiger charge is -2.14. The Balaban J connectivity index is 2.63. The number of aromatic hydroxyl groups is 3. The van der Waals surface area contributed by atoms with Gasteiger partial charge in [-0.25, -0.2) is 0 Å². The summed E-state index contributed by atoms with van der Waals surface area (Å²) in [6.45, 7) is 3.96. The second-order valence-corrected chi connectivity index (χ2v) is 4.60. The van der Waals surface area contributed by atoms with Crippen LogP contribution in [0.25, 0.3) is 11.1 Å². The molecule has 0 atom stereocenters. The third-order valence-electron chi connectivity index (χ3n) is 2.97. The minimum atomic E-state index is 0.0302. The first-order chi connectivity index (χ1) is 8.50. The first kappa shape index (κ1) is 12.3. The van der Waals surface area contributed by atoms with Gasteiger partial charge >= 0.3 is 0 Å². The van der Waals surface area contributed by atoms with Crippen molar-refractivity contribution in [2.24, 2.45) is 0 Å². The van der Waals surface area contributed by atoms with Crippen LogP contribution in [-0.2, 0) is 0 Å². The summed E-state index contributed by atoms with van der Waals surface area (Å²) in [6.07, 6.45) is 0. The molecular formula is C15H16O3. The highest BCUT2D eigenvalue weighted by molar-refractivity contribution is 5.78. The van der Waals surface area contributed by atoms with Crippen LogP contribution in [0.4, 0.5) is 0 Å². The first-order valence-electron chi connectivity index (χ1n) is 5.85. The van der Waals surface area contributed by atoms with E-state index < -0.39 is 0 Å². The molecule has 94 valence electrons. The standard InChI is InChI=1S/C15H16O3/c1-9(2)12-7-8-13(17)14(15(12)18)10-3-5-11(16)6-4-10/h3-9,16-18H,1-2H3. The van der Waals surface area contributed by atoms with Crippen molar-refractivity contribution in [2.75, 3.05) is 0 Å². The molecular weight excluding hydrogens is 228 g/mol. The van der Waals surface area contributed by atoms with Crippen LogP contribution in [0.15, 0.2) is 36.4 Å². The van der Waals surface area contributed by atoms with Crippen molar-refractivity contribution in [1.82, 2.24) is 0 Å². The van der Waals surface area contributed by atoms with Crippen LogP contribution in [-0.4, -0.2) is 15.3 Å². The molecule has 2 aromatic rings. The van der Waals surface area contributed by atoms with Crippen molar-refractivity contribution >= 4 is 0 Å². The Kier molecular flexibility index (Phi) is 3.15. The predicted molar refractivity (Wildman–Crippen MR) is 71.0 cm³/mol. The maximum Gasteiger partial charge on any atom is 0.130 e. The van der Waals surface area contributed by atoms with E-state index in [2.05, 4.69) is 0 Å². The van der Waals surface area contributed by atoms with Gasteiger partial charge in [-0.1, -0.05) is 32.0 Å². The van der Waals surface area contributed by atoms with Crippen LogP contribution in [0.5, 0.6) is 17.2 Å². The molecule has 0 spiro atoms. The molecule has 3 N–H and O–H groups in total. The lowest BCUT2D eigenvalue weighted by atomic mass is 9.95. The summed E-state index contributed by atoms with van der Waals surface area (Å²) >= 11 is 0. The lowest BCUT2D eigenvalue weighted by molar-refractivity contribution is 0.447. The molecule has 0 radical (unpaired) electrons. The molecule has 0 aliphatic rings. The van der Waals surface area contributed by atoms with E-state index in [4.69, 9.17) is 0 Å². The number of phenols is 3. The molecule has 0 aromatic heterocycles. The van der Waals surface area contributed by atoms with Crippen LogP contribution in [0.1, 0.15) is 25.3 Å². The van der Waals surface area contributed by atoms with Gasteiger partial charge in [0.25, 0.3) is 0 Å². The van der Waals surface area contributed by atoms with Crippen LogP contribution >= 0.6 is 0 Å². The van der Waals surface area contributed by atoms with E-state index >= 15 is 0 Å². The number of rotatable bonds is 2. The Hall–Kier alpha value is -2.16. The van der Waals surface area contributed by atoms with Gasteiger partial charge in [0.1, 0.15) is 17.2 Å². The molecule has 18 heavy (non-hydrogen) atoms. The molecule has 0 aliphatic heterocycles. The van der Waals surface area contributed by atoms with Gasteiger partial charge in [0, 0.05) is 0 Å². The van der Waals surface area contributed by atoms with Gasteiger partial charge in [-0.15, -0.1) is 0 Å². The second-order valence-electron chi connectivity index (χ2n) is 4.60. The van der Waals surface area contributed by atoms with E-state index in [0.29, 0.717) is 11.1 Å². The van der Waals surface area contributed by atoms with E-state index in [-0.39, 0.29) is 23.2 Å². The zero-order chi connectivity index (χ0) is 13.3. The zero-order valence-electron chi connectivity index (χ0n) is 10.4. The van der Waals surface area contributed by atoms with Gasteiger partial charge in [-0.2, -0.15) is 0 Å². The lowest BCUT2D eigenvalue weighted by Crippen LogP contribution is -1.91. The molecule has 2 aromatic carbocycles. The Morgan fingerprint density at radius 2 is 1.44 bits per heavy atom. The molecule has 0 saturated carbocycles. The fraction of sp³-hybridized carbons (Fsp3) is 0.200. The highest BCUT2D eigenvalue weighted by Crippen LogP contribution is 2.42. The monoisotopic (exact) mass is 244 g/mol. The predicted octanol–water partition coefficient (Wildman–Crippen LogP) is 3.59. The van der Waals surface area contributed by atoms with Crippen molar-refractivity contribution in [3.05, 3.63) is 42.0 Å². The maximum absolute atomic E-state index is 10.2. The van der Waals surface area contributed by atoms with E-state index in [1.54, 1.807) is 24.3 Å². The molecule has 3 nitrogen and oxygen atoms in total. The van der Waals surface area contributed by atoms with Crippen molar-refractivity contribution < 1.29 is 15.3 Å². The van der Waals surface area contributed by atoms with E-state index in [1.807, 2.05) is 13.8 Å². The molecule has 0 fully saturated rings. The summed E-state index contributed by atoms with van der Waals surface area (Å²) in [6, 6.07) is 9.67. The molecule has 0 unspecified atom stereocenters. The van der Waals surface area contributed by atoms with E-state index in [1.165, 1.54) is 12.1 Å². The minimum Gasteiger partial charge on any atom is -0.508 e. The topological polar surface area (TPSA) is 60.7 Å². The Bertz CT molecular complexity index is 557. The highest BCUT2D eigenvalue weighted by atomic mass is 16.3. The molecule has 0 saturated heterocycles. The summed E-state index contributed by atoms with van der Waals surface area (Å²) in [7, 11) is 0. The van der Waals surface area contributed by atoms with Gasteiger partial charge in [-0.3, -0.25) is 0 Å². The molecule has 0 amide bonds. The smallest absolute Gasteiger partial charge is 0.130 e. The normalized spacial score (nSPS) is 10.8. The number of benzene rings is 2. The van der Waals surface area contributed by atoms with Crippen LogP contribution in [0, 0.1) is 0 Å². The quantitative estimate of drug-likeness (QED) is 0.756. The van der Waals surface area contributed by atoms with E-state index in [9.17, 15) is 15.3 Å². The third kappa shape index (κ3) is 2.12. The summed E-state index contributed by atoms with van der Waals surface area (Å²) in [4.78, 5) is 0. The molecule has 0 bridgehead atoms. The van der Waals surface area contributed by atoms with Gasteiger partial charge in [0.05, 0.1) is 5.56 Å². The molecule has 3 heteroatoms. The number of hydrogen-bond donors (Lipinski definition) is 3. The van der Waals surface area contributed by atoms with Gasteiger partial charge in [0.15, 0.2) is 0 Å². The maximum atomic E-state index is 10.2. The average Bonchev–Trinajstić information content (AvgIpc) is 2.31. The average molecular weight is 244 g/mol. The van der Waals surface area contributed by atoms with Crippen LogP contribution in [0.3, 0.4) is 0 Å². The van der Waals surface area contributed by atoms with Crippen LogP contribution < -0.4 is 0 Å². The first-order valence-corrected chi connectivity index (χ1v) is 5.85. The summed E-state index contributed by atoms with van der Waals surface area (Å²) in [5.74, 6) is 0.442. The van der Waals surface area contributed by atoms with Crippen molar-refractivity contribution in [2.45, 2.75) is 19.8 Å². The third-order valence-corrected chi connectivity index (χ3v) is 2.97. The number of phenolic OH excluding ortho intramolecular Hbond substituents is 3. The van der Waals surface area contributed by atoms with Crippen LogP contribution in [0.2, 0.25) is 0 Å². The van der Waals surface area contributed by atoms with Gasteiger partial charge in [-0.05, 0) is 35.2 Å². The Morgan fingerprint density at radius 3 is 2.00 bits per heavy atom. The molecule has 0 aliphatic carbocycles. The van der Waals surface area contributed by atoms with Crippen molar-refractivity contribution in [1.29, 1.82) is 0 Å². The van der Waals surface area contributed by atoms with Gasteiger partial charge in [0.2, 0.25) is 0 Å². The second kappa shape index (κ2) is 4.61. The molecule has 2 rings (SSSR count). The zero-order valence-corrected chi connectivity index (χ0v) is 10.4. The van der Waals surface area contributed by atoms with Crippen molar-refractivity contribution in [3.8, 4) is 28.4 Å².